The van der Waals surface area contributed by atoms with Crippen molar-refractivity contribution in [3.63, 3.8) is 0 Å². The van der Waals surface area contributed by atoms with E-state index in [-0.39, 0.29) is 18.2 Å². The first-order valence-electron chi connectivity index (χ1n) is 8.84. The molecule has 140 valence electrons. The number of carbonyl (C=O) groups is 1. The van der Waals surface area contributed by atoms with Crippen molar-refractivity contribution >= 4 is 32.7 Å². The number of esters is 1. The Hall–Kier alpha value is -2.58. The van der Waals surface area contributed by atoms with Crippen molar-refractivity contribution in [1.29, 1.82) is 0 Å². The number of hydrogen-bond donors (Lipinski definition) is 1. The number of nitrogens with two attached hydrogens (primary N) is 1. The third kappa shape index (κ3) is 4.06. The molecule has 0 unspecified atom stereocenters. The van der Waals surface area contributed by atoms with Gasteiger partial charge in [0, 0.05) is 24.9 Å². The molecule has 0 aliphatic heterocycles. The summed E-state index contributed by atoms with van der Waals surface area (Å²) in [4.78, 5) is 24.2. The molecule has 0 radical (unpaired) electrons. The second-order valence-electron chi connectivity index (χ2n) is 6.55. The third-order valence-corrected chi connectivity index (χ3v) is 5.43. The quantitative estimate of drug-likeness (QED) is 0.673. The van der Waals surface area contributed by atoms with Gasteiger partial charge in [-0.15, -0.1) is 0 Å². The van der Waals surface area contributed by atoms with Gasteiger partial charge in [0.05, 0.1) is 16.3 Å². The lowest BCUT2D eigenvalue weighted by atomic mass is 10.1. The predicted molar refractivity (Wildman–Crippen MR) is 103 cm³/mol. The van der Waals surface area contributed by atoms with Crippen molar-refractivity contribution in [2.24, 2.45) is 0 Å². The maximum absolute atomic E-state index is 11.2. The molecule has 1 aliphatic carbocycles. The van der Waals surface area contributed by atoms with Crippen molar-refractivity contribution in [3.05, 3.63) is 36.4 Å². The van der Waals surface area contributed by atoms with Gasteiger partial charge in [-0.3, -0.25) is 4.79 Å². The molecule has 27 heavy (non-hydrogen) atoms. The average molecular weight is 384 g/mol. The Kier molecular flexibility index (Phi) is 5.00. The van der Waals surface area contributed by atoms with E-state index in [1.54, 1.807) is 12.4 Å². The molecule has 1 saturated carbocycles. The van der Waals surface area contributed by atoms with Gasteiger partial charge in [0.1, 0.15) is 12.7 Å². The van der Waals surface area contributed by atoms with Gasteiger partial charge in [-0.2, -0.15) is 0 Å². The summed E-state index contributed by atoms with van der Waals surface area (Å²) in [7, 11) is 0. The SMILES string of the molecule is CC(=O)O[C@H]1CCC[C@@H]1OCc1ncc(-c2ccc3nc(N)sc3c2)cn1. The van der Waals surface area contributed by atoms with Crippen LogP contribution in [0.5, 0.6) is 0 Å². The normalized spacial score (nSPS) is 19.4. The van der Waals surface area contributed by atoms with Crippen LogP contribution in [0.2, 0.25) is 0 Å². The molecule has 0 amide bonds. The maximum atomic E-state index is 11.2. The Labute approximate surface area is 160 Å². The van der Waals surface area contributed by atoms with Gasteiger partial charge in [0.15, 0.2) is 11.0 Å². The molecule has 2 heterocycles. The van der Waals surface area contributed by atoms with Gasteiger partial charge in [0.25, 0.3) is 0 Å². The number of thiazole rings is 1. The van der Waals surface area contributed by atoms with Gasteiger partial charge in [-0.1, -0.05) is 17.4 Å². The smallest absolute Gasteiger partial charge is 0.302 e. The summed E-state index contributed by atoms with van der Waals surface area (Å²) in [5.74, 6) is 0.339. The molecule has 8 heteroatoms. The van der Waals surface area contributed by atoms with E-state index in [2.05, 4.69) is 15.0 Å². The highest BCUT2D eigenvalue weighted by Gasteiger charge is 2.30. The molecule has 1 aromatic carbocycles. The van der Waals surface area contributed by atoms with Gasteiger partial charge in [-0.25, -0.2) is 15.0 Å². The lowest BCUT2D eigenvalue weighted by Crippen LogP contribution is -2.28. The number of rotatable bonds is 5. The topological polar surface area (TPSA) is 100 Å². The van der Waals surface area contributed by atoms with Gasteiger partial charge < -0.3 is 15.2 Å². The molecule has 2 aromatic heterocycles. The molecule has 0 saturated heterocycles. The minimum atomic E-state index is -0.268. The number of ether oxygens (including phenoxy) is 2. The van der Waals surface area contributed by atoms with E-state index in [1.807, 2.05) is 18.2 Å². The van der Waals surface area contributed by atoms with E-state index in [9.17, 15) is 4.79 Å². The highest BCUT2D eigenvalue weighted by molar-refractivity contribution is 7.22. The van der Waals surface area contributed by atoms with Crippen LogP contribution in [-0.4, -0.2) is 33.1 Å². The number of anilines is 1. The molecule has 0 bridgehead atoms. The predicted octanol–water partition coefficient (Wildman–Crippen LogP) is 3.34. The highest BCUT2D eigenvalue weighted by Crippen LogP contribution is 2.29. The largest absolute Gasteiger partial charge is 0.460 e. The van der Waals surface area contributed by atoms with Crippen molar-refractivity contribution in [3.8, 4) is 11.1 Å². The number of fused-ring (bicyclic) bond motifs is 1. The number of nitrogens with zero attached hydrogens (tertiary/aromatic N) is 3. The van der Waals surface area contributed by atoms with Gasteiger partial charge in [-0.05, 0) is 37.0 Å². The van der Waals surface area contributed by atoms with Crippen LogP contribution in [0.15, 0.2) is 30.6 Å². The molecule has 2 atom stereocenters. The van der Waals surface area contributed by atoms with Crippen LogP contribution >= 0.6 is 11.3 Å². The van der Waals surface area contributed by atoms with Crippen molar-refractivity contribution < 1.29 is 14.3 Å². The van der Waals surface area contributed by atoms with E-state index < -0.39 is 0 Å². The van der Waals surface area contributed by atoms with Gasteiger partial charge in [0.2, 0.25) is 0 Å². The first-order chi connectivity index (χ1) is 13.1. The van der Waals surface area contributed by atoms with Crippen molar-refractivity contribution in [2.75, 3.05) is 5.73 Å². The Morgan fingerprint density at radius 3 is 2.78 bits per heavy atom. The van der Waals surface area contributed by atoms with E-state index in [0.717, 1.165) is 40.6 Å². The van der Waals surface area contributed by atoms with Crippen LogP contribution in [0.1, 0.15) is 32.0 Å². The lowest BCUT2D eigenvalue weighted by molar-refractivity contribution is -0.153. The number of carbonyl (C=O) groups excluding carboxylic acids is 1. The summed E-state index contributed by atoms with van der Waals surface area (Å²) in [6, 6.07) is 5.98. The van der Waals surface area contributed by atoms with E-state index >= 15 is 0 Å². The first kappa shape index (κ1) is 17.8. The fourth-order valence-corrected chi connectivity index (χ4v) is 4.09. The molecule has 1 fully saturated rings. The fourth-order valence-electron chi connectivity index (χ4n) is 3.31. The third-order valence-electron chi connectivity index (χ3n) is 4.58. The first-order valence-corrected chi connectivity index (χ1v) is 9.66. The van der Waals surface area contributed by atoms with E-state index in [1.165, 1.54) is 18.3 Å². The summed E-state index contributed by atoms with van der Waals surface area (Å²) in [5, 5.41) is 0.560. The van der Waals surface area contributed by atoms with Crippen LogP contribution in [0, 0.1) is 0 Å². The van der Waals surface area contributed by atoms with Crippen LogP contribution in [-0.2, 0) is 20.9 Å². The molecular weight excluding hydrogens is 364 g/mol. The zero-order valence-corrected chi connectivity index (χ0v) is 15.7. The summed E-state index contributed by atoms with van der Waals surface area (Å²) in [6.45, 7) is 1.72. The number of nitrogen functional groups attached to an aromatic ring is 1. The monoisotopic (exact) mass is 384 g/mol. The molecule has 2 N–H and O–H groups in total. The fraction of sp³-hybridized carbons (Fsp3) is 0.368. The van der Waals surface area contributed by atoms with Crippen LogP contribution in [0.25, 0.3) is 21.3 Å². The van der Waals surface area contributed by atoms with Crippen LogP contribution < -0.4 is 5.73 Å². The van der Waals surface area contributed by atoms with Crippen LogP contribution in [0.4, 0.5) is 5.13 Å². The molecular formula is C19H20N4O3S. The van der Waals surface area contributed by atoms with Crippen molar-refractivity contribution in [1.82, 2.24) is 15.0 Å². The standard InChI is InChI=1S/C19H20N4O3S/c1-11(24)26-16-4-2-3-15(16)25-10-18-21-8-13(9-22-18)12-5-6-14-17(7-12)27-19(20)23-14/h5-9,15-16H,2-4,10H2,1H3,(H2,20,23)/t15-,16-/m0/s1. The Balaban J connectivity index is 1.41. The second-order valence-corrected chi connectivity index (χ2v) is 7.61. The maximum Gasteiger partial charge on any atom is 0.302 e. The lowest BCUT2D eigenvalue weighted by Gasteiger charge is -2.19. The minimum absolute atomic E-state index is 0.0867. The molecule has 1 aliphatic rings. The Morgan fingerprint density at radius 1 is 1.22 bits per heavy atom. The molecule has 7 nitrogen and oxygen atoms in total. The highest BCUT2D eigenvalue weighted by atomic mass is 32.1. The number of aromatic nitrogens is 3. The second kappa shape index (κ2) is 7.58. The van der Waals surface area contributed by atoms with Crippen molar-refractivity contribution in [2.45, 2.75) is 45.0 Å². The molecule has 3 aromatic rings. The van der Waals surface area contributed by atoms with Crippen LogP contribution in [0.3, 0.4) is 0 Å². The Morgan fingerprint density at radius 2 is 2.00 bits per heavy atom. The van der Waals surface area contributed by atoms with E-state index in [4.69, 9.17) is 15.2 Å². The minimum Gasteiger partial charge on any atom is -0.460 e. The average Bonchev–Trinajstić information content (AvgIpc) is 3.24. The number of hydrogen-bond acceptors (Lipinski definition) is 8. The summed E-state index contributed by atoms with van der Waals surface area (Å²) >= 11 is 1.46. The molecule has 4 rings (SSSR count). The van der Waals surface area contributed by atoms with Gasteiger partial charge >= 0.3 is 5.97 Å². The zero-order chi connectivity index (χ0) is 18.8. The Bertz CT molecular complexity index is 957. The zero-order valence-electron chi connectivity index (χ0n) is 14.9. The van der Waals surface area contributed by atoms with E-state index in [0.29, 0.717) is 17.6 Å². The summed E-state index contributed by atoms with van der Waals surface area (Å²) < 4.78 is 12.2. The summed E-state index contributed by atoms with van der Waals surface area (Å²) in [5.41, 5.74) is 8.60. The number of benzene rings is 1. The molecule has 0 spiro atoms. The summed E-state index contributed by atoms with van der Waals surface area (Å²) in [6.07, 6.45) is 6.04.